The zero-order chi connectivity index (χ0) is 11.5. The van der Waals surface area contributed by atoms with Gasteiger partial charge >= 0.3 is 0 Å². The van der Waals surface area contributed by atoms with E-state index >= 15 is 0 Å². The molecule has 0 aliphatic heterocycles. The molecule has 1 amide bonds. The molecule has 0 saturated heterocycles. The number of aromatic nitrogens is 2. The lowest BCUT2D eigenvalue weighted by Gasteiger charge is -2.04. The normalized spacial score (nSPS) is 10.1. The summed E-state index contributed by atoms with van der Waals surface area (Å²) < 4.78 is 1.63. The fraction of sp³-hybridized carbons (Fsp3) is 0.0909. The Labute approximate surface area is 98.7 Å². The van der Waals surface area contributed by atoms with Crippen LogP contribution in [-0.4, -0.2) is 15.7 Å². The van der Waals surface area contributed by atoms with Crippen LogP contribution in [0.3, 0.4) is 0 Å². The van der Waals surface area contributed by atoms with Gasteiger partial charge < -0.3 is 5.32 Å². The molecule has 0 unspecified atom stereocenters. The van der Waals surface area contributed by atoms with E-state index < -0.39 is 0 Å². The molecule has 0 saturated carbocycles. The van der Waals surface area contributed by atoms with E-state index in [9.17, 15) is 4.79 Å². The average Bonchev–Trinajstić information content (AvgIpc) is 2.64. The molecular weight excluding hydrogens is 222 g/mol. The SMILES string of the molecule is Cn1cc(NC(=O)c2ccccc2S)cn1. The summed E-state index contributed by atoms with van der Waals surface area (Å²) in [5, 5.41) is 6.72. The minimum absolute atomic E-state index is 0.182. The summed E-state index contributed by atoms with van der Waals surface area (Å²) in [6, 6.07) is 7.15. The first-order chi connectivity index (χ1) is 7.66. The van der Waals surface area contributed by atoms with Crippen molar-refractivity contribution in [3.63, 3.8) is 0 Å². The fourth-order valence-corrected chi connectivity index (χ4v) is 1.61. The molecule has 1 N–H and O–H groups in total. The molecule has 0 fully saturated rings. The van der Waals surface area contributed by atoms with Crippen molar-refractivity contribution in [2.45, 2.75) is 4.90 Å². The second kappa shape index (κ2) is 4.40. The second-order valence-electron chi connectivity index (χ2n) is 3.37. The monoisotopic (exact) mass is 233 g/mol. The van der Waals surface area contributed by atoms with Gasteiger partial charge in [0.05, 0.1) is 17.4 Å². The first kappa shape index (κ1) is 10.8. The third-order valence-corrected chi connectivity index (χ3v) is 2.50. The summed E-state index contributed by atoms with van der Waals surface area (Å²) in [6.45, 7) is 0. The predicted octanol–water partition coefficient (Wildman–Crippen LogP) is 1.96. The molecule has 0 aliphatic carbocycles. The van der Waals surface area contributed by atoms with Gasteiger partial charge in [0.2, 0.25) is 0 Å². The van der Waals surface area contributed by atoms with Gasteiger partial charge in [0.1, 0.15) is 0 Å². The minimum Gasteiger partial charge on any atom is -0.319 e. The van der Waals surface area contributed by atoms with Crippen LogP contribution in [0, 0.1) is 0 Å². The second-order valence-corrected chi connectivity index (χ2v) is 3.86. The molecule has 16 heavy (non-hydrogen) atoms. The number of thiol groups is 1. The summed E-state index contributed by atoms with van der Waals surface area (Å²) in [4.78, 5) is 12.5. The zero-order valence-electron chi connectivity index (χ0n) is 8.71. The number of hydrogen-bond acceptors (Lipinski definition) is 3. The van der Waals surface area contributed by atoms with Crippen molar-refractivity contribution >= 4 is 24.2 Å². The summed E-state index contributed by atoms with van der Waals surface area (Å²) in [5.41, 5.74) is 1.22. The highest BCUT2D eigenvalue weighted by Crippen LogP contribution is 2.15. The summed E-state index contributed by atoms with van der Waals surface area (Å²) in [7, 11) is 1.79. The van der Waals surface area contributed by atoms with Crippen LogP contribution in [0.5, 0.6) is 0 Å². The van der Waals surface area contributed by atoms with Gasteiger partial charge in [-0.05, 0) is 12.1 Å². The van der Waals surface area contributed by atoms with Crippen LogP contribution in [0.4, 0.5) is 5.69 Å². The van der Waals surface area contributed by atoms with Gasteiger partial charge in [-0.1, -0.05) is 12.1 Å². The number of carbonyl (C=O) groups excluding carboxylic acids is 1. The largest absolute Gasteiger partial charge is 0.319 e. The number of benzene rings is 1. The maximum Gasteiger partial charge on any atom is 0.256 e. The van der Waals surface area contributed by atoms with E-state index in [1.54, 1.807) is 42.3 Å². The lowest BCUT2D eigenvalue weighted by molar-refractivity contribution is 0.102. The standard InChI is InChI=1S/C11H11N3OS/c1-14-7-8(6-12-14)13-11(15)9-4-2-3-5-10(9)16/h2-7,16H,1H3,(H,13,15). The van der Waals surface area contributed by atoms with Gasteiger partial charge in [-0.3, -0.25) is 9.48 Å². The van der Waals surface area contributed by atoms with Crippen LogP contribution in [0.15, 0.2) is 41.6 Å². The molecule has 1 heterocycles. The van der Waals surface area contributed by atoms with E-state index in [2.05, 4.69) is 23.0 Å². The summed E-state index contributed by atoms with van der Waals surface area (Å²) >= 11 is 4.23. The Kier molecular flexibility index (Phi) is 2.96. The van der Waals surface area contributed by atoms with E-state index in [0.29, 0.717) is 16.1 Å². The Bertz CT molecular complexity index is 521. The highest BCUT2D eigenvalue weighted by molar-refractivity contribution is 7.80. The topological polar surface area (TPSA) is 46.9 Å². The van der Waals surface area contributed by atoms with Crippen LogP contribution in [-0.2, 0) is 7.05 Å². The smallest absolute Gasteiger partial charge is 0.256 e. The number of hydrogen-bond donors (Lipinski definition) is 2. The molecule has 0 bridgehead atoms. The Morgan fingerprint density at radius 3 is 2.81 bits per heavy atom. The summed E-state index contributed by atoms with van der Waals surface area (Å²) in [6.07, 6.45) is 3.33. The molecule has 4 nitrogen and oxygen atoms in total. The van der Waals surface area contributed by atoms with Gasteiger partial charge in [0.15, 0.2) is 0 Å². The number of amides is 1. The highest BCUT2D eigenvalue weighted by atomic mass is 32.1. The Morgan fingerprint density at radius 1 is 1.44 bits per heavy atom. The van der Waals surface area contributed by atoms with Gasteiger partial charge in [-0.2, -0.15) is 5.10 Å². The number of nitrogens with zero attached hydrogens (tertiary/aromatic N) is 2. The third-order valence-electron chi connectivity index (χ3n) is 2.11. The molecule has 1 aromatic heterocycles. The minimum atomic E-state index is -0.182. The quantitative estimate of drug-likeness (QED) is 0.779. The lowest BCUT2D eigenvalue weighted by Crippen LogP contribution is -2.12. The van der Waals surface area contributed by atoms with Gasteiger partial charge in [-0.15, -0.1) is 12.6 Å². The van der Waals surface area contributed by atoms with Crippen molar-refractivity contribution in [1.29, 1.82) is 0 Å². The first-order valence-corrected chi connectivity index (χ1v) is 5.19. The van der Waals surface area contributed by atoms with E-state index in [4.69, 9.17) is 0 Å². The Balaban J connectivity index is 2.18. The van der Waals surface area contributed by atoms with Crippen molar-refractivity contribution in [2.75, 3.05) is 5.32 Å². The molecular formula is C11H11N3OS. The third kappa shape index (κ3) is 2.25. The molecule has 0 spiro atoms. The van der Waals surface area contributed by atoms with Gasteiger partial charge in [-0.25, -0.2) is 0 Å². The molecule has 5 heteroatoms. The number of nitrogens with one attached hydrogen (secondary N) is 1. The van der Waals surface area contributed by atoms with Crippen molar-refractivity contribution in [1.82, 2.24) is 9.78 Å². The van der Waals surface area contributed by atoms with E-state index in [-0.39, 0.29) is 5.91 Å². The maximum absolute atomic E-state index is 11.8. The molecule has 0 radical (unpaired) electrons. The fourth-order valence-electron chi connectivity index (χ4n) is 1.35. The van der Waals surface area contributed by atoms with E-state index in [0.717, 1.165) is 0 Å². The van der Waals surface area contributed by atoms with Crippen molar-refractivity contribution in [3.8, 4) is 0 Å². The molecule has 0 aliphatic rings. The first-order valence-electron chi connectivity index (χ1n) is 4.75. The Hall–Kier alpha value is -1.75. The van der Waals surface area contributed by atoms with E-state index in [1.165, 1.54) is 0 Å². The van der Waals surface area contributed by atoms with Gasteiger partial charge in [0, 0.05) is 18.1 Å². The zero-order valence-corrected chi connectivity index (χ0v) is 9.61. The van der Waals surface area contributed by atoms with Crippen LogP contribution in [0.1, 0.15) is 10.4 Å². The molecule has 1 aromatic carbocycles. The molecule has 0 atom stereocenters. The number of rotatable bonds is 2. The number of aryl methyl sites for hydroxylation is 1. The molecule has 2 rings (SSSR count). The van der Waals surface area contributed by atoms with E-state index in [1.807, 2.05) is 6.07 Å². The predicted molar refractivity (Wildman–Crippen MR) is 64.9 cm³/mol. The van der Waals surface area contributed by atoms with Crippen LogP contribution in [0.25, 0.3) is 0 Å². The lowest BCUT2D eigenvalue weighted by atomic mass is 10.2. The van der Waals surface area contributed by atoms with Crippen molar-refractivity contribution < 1.29 is 4.79 Å². The maximum atomic E-state index is 11.8. The van der Waals surface area contributed by atoms with Crippen LogP contribution >= 0.6 is 12.6 Å². The molecule has 2 aromatic rings. The average molecular weight is 233 g/mol. The number of anilines is 1. The molecule has 82 valence electrons. The number of carbonyl (C=O) groups is 1. The van der Waals surface area contributed by atoms with Crippen molar-refractivity contribution in [2.24, 2.45) is 7.05 Å². The van der Waals surface area contributed by atoms with Crippen LogP contribution in [0.2, 0.25) is 0 Å². The summed E-state index contributed by atoms with van der Waals surface area (Å²) in [5.74, 6) is -0.182. The van der Waals surface area contributed by atoms with Crippen molar-refractivity contribution in [3.05, 3.63) is 42.2 Å². The van der Waals surface area contributed by atoms with Crippen LogP contribution < -0.4 is 5.32 Å². The Morgan fingerprint density at radius 2 is 2.19 bits per heavy atom. The van der Waals surface area contributed by atoms with Gasteiger partial charge in [0.25, 0.3) is 5.91 Å². The highest BCUT2D eigenvalue weighted by Gasteiger charge is 2.09.